The maximum absolute atomic E-state index is 4.75. The second kappa shape index (κ2) is 8.48. The van der Waals surface area contributed by atoms with Gasteiger partial charge in [0, 0.05) is 19.0 Å². The Labute approximate surface area is 120 Å². The molecule has 0 radical (unpaired) electrons. The molecule has 2 rings (SSSR count). The molecule has 1 aromatic heterocycles. The second-order valence-electron chi connectivity index (χ2n) is 5.01. The minimum atomic E-state index is 0.412. The summed E-state index contributed by atoms with van der Waals surface area (Å²) in [5.74, 6) is 0.762. The first-order valence-electron chi connectivity index (χ1n) is 7.43. The van der Waals surface area contributed by atoms with Gasteiger partial charge in [0.25, 0.3) is 0 Å². The highest BCUT2D eigenvalue weighted by Crippen LogP contribution is 2.19. The van der Waals surface area contributed by atoms with E-state index in [0.717, 1.165) is 18.8 Å². The van der Waals surface area contributed by atoms with Gasteiger partial charge in [0.05, 0.1) is 0 Å². The van der Waals surface area contributed by atoms with E-state index < -0.39 is 0 Å². The number of unbranched alkanes of at least 4 members (excludes halogenated alkanes) is 2. The van der Waals surface area contributed by atoms with Crippen molar-refractivity contribution < 1.29 is 4.52 Å². The van der Waals surface area contributed by atoms with Gasteiger partial charge in [-0.15, -0.1) is 0 Å². The molecule has 0 saturated heterocycles. The zero-order valence-corrected chi connectivity index (χ0v) is 12.1. The summed E-state index contributed by atoms with van der Waals surface area (Å²) in [7, 11) is 0. The SMILES string of the molecule is CCCCCC(NCCc1ncon1)c1ccccc1. The van der Waals surface area contributed by atoms with Crippen molar-refractivity contribution in [3.05, 3.63) is 48.1 Å². The van der Waals surface area contributed by atoms with Crippen LogP contribution in [0.1, 0.15) is 50.0 Å². The quantitative estimate of drug-likeness (QED) is 0.710. The summed E-state index contributed by atoms with van der Waals surface area (Å²) < 4.78 is 4.75. The highest BCUT2D eigenvalue weighted by atomic mass is 16.5. The Kier molecular flexibility index (Phi) is 6.24. The standard InChI is InChI=1S/C16H23N3O/c1-2-3-5-10-15(14-8-6-4-7-9-14)17-12-11-16-18-13-20-19-16/h4,6-9,13,15,17H,2-3,5,10-12H2,1H3. The summed E-state index contributed by atoms with van der Waals surface area (Å²) in [6.45, 7) is 3.10. The molecule has 0 fully saturated rings. The first-order valence-corrected chi connectivity index (χ1v) is 7.43. The average molecular weight is 273 g/mol. The largest absolute Gasteiger partial charge is 0.343 e. The molecule has 1 heterocycles. The molecule has 0 saturated carbocycles. The van der Waals surface area contributed by atoms with Crippen molar-refractivity contribution in [2.24, 2.45) is 0 Å². The molecule has 1 atom stereocenters. The molecule has 108 valence electrons. The summed E-state index contributed by atoms with van der Waals surface area (Å²) in [6, 6.07) is 11.1. The number of hydrogen-bond donors (Lipinski definition) is 1. The maximum atomic E-state index is 4.75. The molecule has 1 N–H and O–H groups in total. The fourth-order valence-electron chi connectivity index (χ4n) is 2.33. The van der Waals surface area contributed by atoms with E-state index in [0.29, 0.717) is 6.04 Å². The monoisotopic (exact) mass is 273 g/mol. The van der Waals surface area contributed by atoms with Gasteiger partial charge >= 0.3 is 0 Å². The van der Waals surface area contributed by atoms with Gasteiger partial charge in [0.2, 0.25) is 6.39 Å². The van der Waals surface area contributed by atoms with Crippen LogP contribution in [0.25, 0.3) is 0 Å². The molecule has 0 amide bonds. The van der Waals surface area contributed by atoms with Crippen LogP contribution in [0.3, 0.4) is 0 Å². The van der Waals surface area contributed by atoms with Crippen LogP contribution < -0.4 is 5.32 Å². The van der Waals surface area contributed by atoms with Crippen molar-refractivity contribution in [1.82, 2.24) is 15.5 Å². The van der Waals surface area contributed by atoms with Crippen LogP contribution in [-0.4, -0.2) is 16.7 Å². The molecule has 4 nitrogen and oxygen atoms in total. The van der Waals surface area contributed by atoms with Crippen LogP contribution >= 0.6 is 0 Å². The molecule has 1 unspecified atom stereocenters. The molecule has 0 bridgehead atoms. The third-order valence-corrected chi connectivity index (χ3v) is 3.44. The molecule has 1 aromatic carbocycles. The molecule has 0 spiro atoms. The van der Waals surface area contributed by atoms with Gasteiger partial charge in [0.15, 0.2) is 5.82 Å². The molecule has 0 aliphatic heterocycles. The van der Waals surface area contributed by atoms with Gasteiger partial charge in [-0.05, 0) is 12.0 Å². The van der Waals surface area contributed by atoms with E-state index >= 15 is 0 Å². The number of rotatable bonds is 9. The third kappa shape index (κ3) is 4.78. The zero-order valence-electron chi connectivity index (χ0n) is 12.1. The Morgan fingerprint density at radius 3 is 2.75 bits per heavy atom. The smallest absolute Gasteiger partial charge is 0.213 e. The predicted octanol–water partition coefficient (Wildman–Crippen LogP) is 3.52. The van der Waals surface area contributed by atoms with Crippen molar-refractivity contribution >= 4 is 0 Å². The van der Waals surface area contributed by atoms with E-state index in [4.69, 9.17) is 4.52 Å². The fourth-order valence-corrected chi connectivity index (χ4v) is 2.33. The Morgan fingerprint density at radius 1 is 1.20 bits per heavy atom. The van der Waals surface area contributed by atoms with E-state index in [9.17, 15) is 0 Å². The average Bonchev–Trinajstić information content (AvgIpc) is 3.00. The number of aromatic nitrogens is 2. The molecular formula is C16H23N3O. The Hall–Kier alpha value is -1.68. The molecule has 2 aromatic rings. The lowest BCUT2D eigenvalue weighted by molar-refractivity contribution is 0.407. The second-order valence-corrected chi connectivity index (χ2v) is 5.01. The summed E-state index contributed by atoms with van der Waals surface area (Å²) in [4.78, 5) is 4.04. The van der Waals surface area contributed by atoms with E-state index in [1.807, 2.05) is 0 Å². The highest BCUT2D eigenvalue weighted by molar-refractivity contribution is 5.18. The fraction of sp³-hybridized carbons (Fsp3) is 0.500. The Morgan fingerprint density at radius 2 is 2.05 bits per heavy atom. The maximum Gasteiger partial charge on any atom is 0.213 e. The van der Waals surface area contributed by atoms with Gasteiger partial charge in [-0.1, -0.05) is 61.7 Å². The number of hydrogen-bond acceptors (Lipinski definition) is 4. The topological polar surface area (TPSA) is 51.0 Å². The van der Waals surface area contributed by atoms with Crippen LogP contribution in [-0.2, 0) is 6.42 Å². The number of nitrogens with one attached hydrogen (secondary N) is 1. The molecule has 0 aliphatic carbocycles. The van der Waals surface area contributed by atoms with E-state index in [1.165, 1.54) is 37.6 Å². The predicted molar refractivity (Wildman–Crippen MR) is 79.3 cm³/mol. The lowest BCUT2D eigenvalue weighted by Crippen LogP contribution is -2.24. The first-order chi connectivity index (χ1) is 9.90. The molecular weight excluding hydrogens is 250 g/mol. The van der Waals surface area contributed by atoms with Crippen LogP contribution in [0.5, 0.6) is 0 Å². The zero-order chi connectivity index (χ0) is 14.0. The molecule has 20 heavy (non-hydrogen) atoms. The minimum Gasteiger partial charge on any atom is -0.343 e. The summed E-state index contributed by atoms with van der Waals surface area (Å²) in [6.07, 6.45) is 7.15. The number of benzene rings is 1. The third-order valence-electron chi connectivity index (χ3n) is 3.44. The van der Waals surface area contributed by atoms with Crippen molar-refractivity contribution in [2.75, 3.05) is 6.54 Å². The summed E-state index contributed by atoms with van der Waals surface area (Å²) in [5.41, 5.74) is 1.36. The van der Waals surface area contributed by atoms with Gasteiger partial charge in [-0.3, -0.25) is 0 Å². The van der Waals surface area contributed by atoms with Gasteiger partial charge in [-0.25, -0.2) is 0 Å². The van der Waals surface area contributed by atoms with Crippen molar-refractivity contribution in [2.45, 2.75) is 45.1 Å². The number of nitrogens with zero attached hydrogens (tertiary/aromatic N) is 2. The van der Waals surface area contributed by atoms with E-state index in [2.05, 4.69) is 52.7 Å². The summed E-state index contributed by atoms with van der Waals surface area (Å²) >= 11 is 0. The Bertz CT molecular complexity index is 456. The van der Waals surface area contributed by atoms with Crippen molar-refractivity contribution in [3.8, 4) is 0 Å². The minimum absolute atomic E-state index is 0.412. The van der Waals surface area contributed by atoms with E-state index in [-0.39, 0.29) is 0 Å². The Balaban J connectivity index is 1.85. The lowest BCUT2D eigenvalue weighted by atomic mass is 10.0. The van der Waals surface area contributed by atoms with Crippen molar-refractivity contribution in [3.63, 3.8) is 0 Å². The molecule has 4 heteroatoms. The van der Waals surface area contributed by atoms with Crippen molar-refractivity contribution in [1.29, 1.82) is 0 Å². The first kappa shape index (κ1) is 14.7. The van der Waals surface area contributed by atoms with Gasteiger partial charge in [-0.2, -0.15) is 4.98 Å². The van der Waals surface area contributed by atoms with Crippen LogP contribution in [0.15, 0.2) is 41.2 Å². The normalized spacial score (nSPS) is 12.4. The van der Waals surface area contributed by atoms with Gasteiger partial charge < -0.3 is 9.84 Å². The van der Waals surface area contributed by atoms with Crippen LogP contribution in [0, 0.1) is 0 Å². The lowest BCUT2D eigenvalue weighted by Gasteiger charge is -2.19. The van der Waals surface area contributed by atoms with Gasteiger partial charge in [0.1, 0.15) is 0 Å². The highest BCUT2D eigenvalue weighted by Gasteiger charge is 2.10. The molecule has 0 aliphatic rings. The summed E-state index contributed by atoms with van der Waals surface area (Å²) in [5, 5.41) is 7.45. The van der Waals surface area contributed by atoms with Crippen LogP contribution in [0.2, 0.25) is 0 Å². The van der Waals surface area contributed by atoms with Crippen LogP contribution in [0.4, 0.5) is 0 Å². The van der Waals surface area contributed by atoms with E-state index in [1.54, 1.807) is 0 Å².